The number of anilines is 1. The lowest BCUT2D eigenvalue weighted by molar-refractivity contribution is -0.116. The summed E-state index contributed by atoms with van der Waals surface area (Å²) >= 11 is 15.3. The highest BCUT2D eigenvalue weighted by Gasteiger charge is 2.08. The smallest absolute Gasteiger partial charge is 0.224 e. The molecule has 2 aromatic rings. The van der Waals surface area contributed by atoms with Crippen LogP contribution >= 0.6 is 39.1 Å². The molecule has 1 N–H and O–H groups in total. The monoisotopic (exact) mass is 401 g/mol. The molecule has 0 radical (unpaired) electrons. The minimum Gasteiger partial charge on any atom is -0.496 e. The van der Waals surface area contributed by atoms with Crippen molar-refractivity contribution in [2.45, 2.75) is 12.8 Å². The van der Waals surface area contributed by atoms with Gasteiger partial charge in [0.2, 0.25) is 5.91 Å². The van der Waals surface area contributed by atoms with E-state index in [0.29, 0.717) is 28.6 Å². The molecule has 0 aliphatic heterocycles. The zero-order valence-electron chi connectivity index (χ0n) is 11.8. The molecule has 0 heterocycles. The highest BCUT2D eigenvalue weighted by Crippen LogP contribution is 2.27. The molecule has 0 saturated carbocycles. The first-order chi connectivity index (χ1) is 10.5. The van der Waals surface area contributed by atoms with Crippen LogP contribution in [-0.2, 0) is 11.2 Å². The Morgan fingerprint density at radius 1 is 1.23 bits per heavy atom. The molecule has 0 aliphatic rings. The van der Waals surface area contributed by atoms with Crippen LogP contribution < -0.4 is 10.1 Å². The van der Waals surface area contributed by atoms with Gasteiger partial charge < -0.3 is 10.1 Å². The van der Waals surface area contributed by atoms with Crippen LogP contribution in [0.25, 0.3) is 0 Å². The number of methoxy groups -OCH3 is 1. The van der Waals surface area contributed by atoms with Gasteiger partial charge >= 0.3 is 0 Å². The molecule has 2 aromatic carbocycles. The van der Waals surface area contributed by atoms with E-state index < -0.39 is 0 Å². The second kappa shape index (κ2) is 7.86. The second-order valence-corrected chi connectivity index (χ2v) is 6.34. The Balaban J connectivity index is 1.94. The van der Waals surface area contributed by atoms with E-state index in [1.54, 1.807) is 25.3 Å². The molecule has 0 aromatic heterocycles. The minimum absolute atomic E-state index is 0.101. The van der Waals surface area contributed by atoms with E-state index in [2.05, 4.69) is 21.2 Å². The summed E-state index contributed by atoms with van der Waals surface area (Å²) in [5.41, 5.74) is 1.61. The van der Waals surface area contributed by atoms with Crippen molar-refractivity contribution in [1.82, 2.24) is 0 Å². The van der Waals surface area contributed by atoms with Gasteiger partial charge in [-0.1, -0.05) is 29.3 Å². The van der Waals surface area contributed by atoms with Crippen LogP contribution in [0.5, 0.6) is 5.75 Å². The van der Waals surface area contributed by atoms with E-state index in [0.717, 1.165) is 15.8 Å². The van der Waals surface area contributed by atoms with Gasteiger partial charge in [-0.2, -0.15) is 0 Å². The molecule has 0 atom stereocenters. The Hall–Kier alpha value is -1.23. The molecule has 1 amide bonds. The van der Waals surface area contributed by atoms with Crippen molar-refractivity contribution < 1.29 is 9.53 Å². The number of nitrogens with one attached hydrogen (secondary N) is 1. The molecule has 6 heteroatoms. The summed E-state index contributed by atoms with van der Waals surface area (Å²) in [4.78, 5) is 12.0. The van der Waals surface area contributed by atoms with E-state index in [-0.39, 0.29) is 5.91 Å². The van der Waals surface area contributed by atoms with Crippen LogP contribution in [0.1, 0.15) is 12.0 Å². The predicted octanol–water partition coefficient (Wildman–Crippen LogP) is 5.34. The number of hydrogen-bond donors (Lipinski definition) is 1. The van der Waals surface area contributed by atoms with E-state index in [9.17, 15) is 4.79 Å². The molecule has 22 heavy (non-hydrogen) atoms. The maximum Gasteiger partial charge on any atom is 0.224 e. The molecular formula is C16H14BrCl2NO2. The molecule has 2 rings (SSSR count). The standard InChI is InChI=1S/C16H14BrCl2NO2/c1-22-15-6-2-10(8-12(15)17)3-7-16(21)20-14-5-4-11(18)9-13(14)19/h2,4-6,8-9H,3,7H2,1H3,(H,20,21). The Kier molecular flexibility index (Phi) is 6.12. The Bertz CT molecular complexity index is 692. The van der Waals surface area contributed by atoms with Crippen molar-refractivity contribution in [3.05, 3.63) is 56.5 Å². The molecule has 116 valence electrons. The summed E-state index contributed by atoms with van der Waals surface area (Å²) in [7, 11) is 1.61. The van der Waals surface area contributed by atoms with Gasteiger partial charge in [-0.25, -0.2) is 0 Å². The molecule has 0 saturated heterocycles. The number of rotatable bonds is 5. The molecule has 0 unspecified atom stereocenters. The van der Waals surface area contributed by atoms with Crippen molar-refractivity contribution in [3.63, 3.8) is 0 Å². The predicted molar refractivity (Wildman–Crippen MR) is 94.1 cm³/mol. The Labute approximate surface area is 147 Å². The lowest BCUT2D eigenvalue weighted by Gasteiger charge is -2.09. The van der Waals surface area contributed by atoms with E-state index in [1.165, 1.54) is 0 Å². The van der Waals surface area contributed by atoms with Crippen molar-refractivity contribution in [3.8, 4) is 5.75 Å². The van der Waals surface area contributed by atoms with Crippen LogP contribution in [0.4, 0.5) is 5.69 Å². The van der Waals surface area contributed by atoms with Gasteiger partial charge in [0.05, 0.1) is 22.3 Å². The van der Waals surface area contributed by atoms with Gasteiger partial charge in [0.25, 0.3) is 0 Å². The lowest BCUT2D eigenvalue weighted by Crippen LogP contribution is -2.12. The fraction of sp³-hybridized carbons (Fsp3) is 0.188. The number of amides is 1. The van der Waals surface area contributed by atoms with Crippen LogP contribution in [0.15, 0.2) is 40.9 Å². The Morgan fingerprint density at radius 3 is 2.64 bits per heavy atom. The van der Waals surface area contributed by atoms with Crippen molar-refractivity contribution in [2.75, 3.05) is 12.4 Å². The summed E-state index contributed by atoms with van der Waals surface area (Å²) in [6.45, 7) is 0. The van der Waals surface area contributed by atoms with Crippen molar-refractivity contribution >= 4 is 50.7 Å². The van der Waals surface area contributed by atoms with Crippen LogP contribution in [-0.4, -0.2) is 13.0 Å². The fourth-order valence-electron chi connectivity index (χ4n) is 1.93. The third-order valence-corrected chi connectivity index (χ3v) is 4.23. The average Bonchev–Trinajstić information content (AvgIpc) is 2.48. The number of halogens is 3. The topological polar surface area (TPSA) is 38.3 Å². The number of ether oxygens (including phenoxy) is 1. The highest BCUT2D eigenvalue weighted by atomic mass is 79.9. The van der Waals surface area contributed by atoms with Crippen LogP contribution in [0.2, 0.25) is 10.0 Å². The minimum atomic E-state index is -0.101. The highest BCUT2D eigenvalue weighted by molar-refractivity contribution is 9.10. The first-order valence-electron chi connectivity index (χ1n) is 6.57. The molecule has 0 aliphatic carbocycles. The summed E-state index contributed by atoms with van der Waals surface area (Å²) < 4.78 is 6.04. The van der Waals surface area contributed by atoms with E-state index >= 15 is 0 Å². The average molecular weight is 403 g/mol. The van der Waals surface area contributed by atoms with Gasteiger partial charge in [0.15, 0.2) is 0 Å². The SMILES string of the molecule is COc1ccc(CCC(=O)Nc2ccc(Cl)cc2Cl)cc1Br. The van der Waals surface area contributed by atoms with Crippen LogP contribution in [0, 0.1) is 0 Å². The van der Waals surface area contributed by atoms with Gasteiger partial charge in [0, 0.05) is 11.4 Å². The zero-order chi connectivity index (χ0) is 16.1. The Morgan fingerprint density at radius 2 is 2.00 bits per heavy atom. The molecule has 0 bridgehead atoms. The van der Waals surface area contributed by atoms with Gasteiger partial charge in [-0.3, -0.25) is 4.79 Å². The van der Waals surface area contributed by atoms with E-state index in [1.807, 2.05) is 18.2 Å². The molecule has 0 fully saturated rings. The molecular weight excluding hydrogens is 389 g/mol. The summed E-state index contributed by atoms with van der Waals surface area (Å²) in [6, 6.07) is 10.7. The first-order valence-corrected chi connectivity index (χ1v) is 8.12. The third-order valence-electron chi connectivity index (χ3n) is 3.06. The van der Waals surface area contributed by atoms with Gasteiger partial charge in [-0.15, -0.1) is 0 Å². The second-order valence-electron chi connectivity index (χ2n) is 4.64. The molecule has 3 nitrogen and oxygen atoms in total. The number of benzene rings is 2. The van der Waals surface area contributed by atoms with E-state index in [4.69, 9.17) is 27.9 Å². The quantitative estimate of drug-likeness (QED) is 0.733. The van der Waals surface area contributed by atoms with Crippen molar-refractivity contribution in [2.24, 2.45) is 0 Å². The number of aryl methyl sites for hydroxylation is 1. The zero-order valence-corrected chi connectivity index (χ0v) is 14.9. The lowest BCUT2D eigenvalue weighted by atomic mass is 10.1. The summed E-state index contributed by atoms with van der Waals surface area (Å²) in [5, 5.41) is 3.74. The first kappa shape index (κ1) is 17.1. The summed E-state index contributed by atoms with van der Waals surface area (Å²) in [5.74, 6) is 0.664. The third kappa shape index (κ3) is 4.63. The molecule has 0 spiro atoms. The van der Waals surface area contributed by atoms with Crippen LogP contribution in [0.3, 0.4) is 0 Å². The largest absolute Gasteiger partial charge is 0.496 e. The number of hydrogen-bond acceptors (Lipinski definition) is 2. The van der Waals surface area contributed by atoms with Gasteiger partial charge in [0.1, 0.15) is 5.75 Å². The summed E-state index contributed by atoms with van der Waals surface area (Å²) in [6.07, 6.45) is 0.983. The normalized spacial score (nSPS) is 10.4. The number of carbonyl (C=O) groups excluding carboxylic acids is 1. The maximum absolute atomic E-state index is 12.0. The van der Waals surface area contributed by atoms with Crippen molar-refractivity contribution in [1.29, 1.82) is 0 Å². The maximum atomic E-state index is 12.0. The fourth-order valence-corrected chi connectivity index (χ4v) is 2.97. The van der Waals surface area contributed by atoms with Gasteiger partial charge in [-0.05, 0) is 58.2 Å². The number of carbonyl (C=O) groups is 1.